The first-order chi connectivity index (χ1) is 16.5. The molecule has 34 heavy (non-hydrogen) atoms. The Morgan fingerprint density at radius 2 is 2.18 bits per heavy atom. The number of nitrogens with one attached hydrogen (secondary N) is 1. The molecule has 0 bridgehead atoms. The van der Waals surface area contributed by atoms with Crippen LogP contribution in [0.2, 0.25) is 0 Å². The number of hydrogen-bond acceptors (Lipinski definition) is 11. The molecule has 2 heterocycles. The Kier molecular flexibility index (Phi) is 7.01. The third-order valence-corrected chi connectivity index (χ3v) is 5.89. The van der Waals surface area contributed by atoms with Gasteiger partial charge < -0.3 is 15.6 Å². The molecule has 4 N–H and O–H groups in total. The number of nitrogens with zero attached hydrogens (tertiary/aromatic N) is 7. The van der Waals surface area contributed by atoms with Gasteiger partial charge in [-0.1, -0.05) is 30.5 Å². The first-order valence-electron chi connectivity index (χ1n) is 10.9. The molecule has 1 saturated carbocycles. The fourth-order valence-corrected chi connectivity index (χ4v) is 4.04. The van der Waals surface area contributed by atoms with Crippen LogP contribution in [0.15, 0.2) is 27.9 Å². The van der Waals surface area contributed by atoms with Crippen molar-refractivity contribution in [1.82, 2.24) is 35.6 Å². The highest BCUT2D eigenvalue weighted by molar-refractivity contribution is 5.94. The number of nitrogen functional groups attached to an aromatic ring is 1. The van der Waals surface area contributed by atoms with E-state index in [-0.39, 0.29) is 23.1 Å². The van der Waals surface area contributed by atoms with Crippen LogP contribution in [0.25, 0.3) is 5.82 Å². The number of benzene rings is 1. The Morgan fingerprint density at radius 3 is 2.88 bits per heavy atom. The van der Waals surface area contributed by atoms with Crippen molar-refractivity contribution in [2.75, 3.05) is 19.9 Å². The van der Waals surface area contributed by atoms with E-state index < -0.39 is 5.91 Å². The van der Waals surface area contributed by atoms with Crippen LogP contribution in [0.1, 0.15) is 53.8 Å². The van der Waals surface area contributed by atoms with Crippen molar-refractivity contribution in [3.63, 3.8) is 0 Å². The number of phenols is 1. The highest BCUT2D eigenvalue weighted by Crippen LogP contribution is 2.28. The summed E-state index contributed by atoms with van der Waals surface area (Å²) in [5.74, 6) is -0.178. The summed E-state index contributed by atoms with van der Waals surface area (Å²) in [6, 6.07) is 5.33. The van der Waals surface area contributed by atoms with Crippen LogP contribution in [0.5, 0.6) is 11.5 Å². The fraction of sp³-hybridized carbons (Fsp3) is 0.429. The van der Waals surface area contributed by atoms with Crippen LogP contribution in [0.4, 0.5) is 5.82 Å². The maximum absolute atomic E-state index is 13.0. The van der Waals surface area contributed by atoms with Gasteiger partial charge in [-0.25, -0.2) is 10.1 Å². The summed E-state index contributed by atoms with van der Waals surface area (Å²) in [7, 11) is 3.45. The topological polar surface area (TPSA) is 170 Å². The normalized spacial score (nSPS) is 14.7. The molecule has 1 fully saturated rings. The van der Waals surface area contributed by atoms with Crippen LogP contribution in [0.3, 0.4) is 0 Å². The zero-order valence-electron chi connectivity index (χ0n) is 19.0. The Bertz CT molecular complexity index is 1170. The van der Waals surface area contributed by atoms with E-state index in [0.29, 0.717) is 29.6 Å². The molecule has 0 unspecified atom stereocenters. The molecular weight excluding hydrogens is 442 g/mol. The standard InChI is InChI=1S/C21H27N9O4/c1-29(14-8-4-3-5-9-14)12-15-17(24-28-30(15)20-19(22)26-34-27-20)21(32)25-23-11-13-7-6-10-16(33-2)18(13)31/h6-7,10-11,14,31H,3-5,8-9,12H2,1-2H3,(H2,22,26)(H,25,32)/b23-11+. The van der Waals surface area contributed by atoms with E-state index in [2.05, 4.69) is 36.1 Å². The van der Waals surface area contributed by atoms with Crippen molar-refractivity contribution < 1.29 is 19.3 Å². The van der Waals surface area contributed by atoms with Crippen LogP contribution in [-0.2, 0) is 6.54 Å². The summed E-state index contributed by atoms with van der Waals surface area (Å²) in [6.45, 7) is 0.382. The van der Waals surface area contributed by atoms with Crippen LogP contribution in [0, 0.1) is 0 Å². The molecule has 0 aliphatic heterocycles. The average Bonchev–Trinajstić information content (AvgIpc) is 3.46. The second kappa shape index (κ2) is 10.3. The molecule has 4 rings (SSSR count). The van der Waals surface area contributed by atoms with E-state index in [1.165, 1.54) is 37.3 Å². The lowest BCUT2D eigenvalue weighted by molar-refractivity contribution is 0.0947. The maximum Gasteiger partial charge on any atom is 0.293 e. The van der Waals surface area contributed by atoms with E-state index in [9.17, 15) is 9.90 Å². The lowest BCUT2D eigenvalue weighted by atomic mass is 9.94. The van der Waals surface area contributed by atoms with Gasteiger partial charge in [-0.2, -0.15) is 9.78 Å². The van der Waals surface area contributed by atoms with Crippen molar-refractivity contribution in [3.05, 3.63) is 35.2 Å². The molecule has 1 aliphatic rings. The van der Waals surface area contributed by atoms with Gasteiger partial charge in [0.1, 0.15) is 0 Å². The van der Waals surface area contributed by atoms with Crippen molar-refractivity contribution in [1.29, 1.82) is 0 Å². The minimum absolute atomic E-state index is 0.0324. The number of ether oxygens (including phenoxy) is 1. The smallest absolute Gasteiger partial charge is 0.293 e. The summed E-state index contributed by atoms with van der Waals surface area (Å²) >= 11 is 0. The number of hydrazone groups is 1. The van der Waals surface area contributed by atoms with Crippen LogP contribution in [-0.4, -0.2) is 67.6 Å². The number of aromatic nitrogens is 5. The number of hydrogen-bond donors (Lipinski definition) is 3. The molecule has 1 amide bonds. The number of para-hydroxylation sites is 1. The molecule has 13 nitrogen and oxygen atoms in total. The predicted molar refractivity (Wildman–Crippen MR) is 122 cm³/mol. The SMILES string of the molecule is COc1cccc(/C=N/NC(=O)c2nnn(-c3nonc3N)c2CN(C)C2CCCCC2)c1O. The van der Waals surface area contributed by atoms with E-state index in [4.69, 9.17) is 15.1 Å². The van der Waals surface area contributed by atoms with Gasteiger partial charge in [-0.3, -0.25) is 9.69 Å². The average molecular weight is 470 g/mol. The van der Waals surface area contributed by atoms with Gasteiger partial charge >= 0.3 is 0 Å². The second-order valence-corrected chi connectivity index (χ2v) is 8.07. The molecule has 0 saturated heterocycles. The van der Waals surface area contributed by atoms with E-state index in [0.717, 1.165) is 12.8 Å². The van der Waals surface area contributed by atoms with Crippen molar-refractivity contribution in [3.8, 4) is 17.3 Å². The Hall–Kier alpha value is -4.00. The summed E-state index contributed by atoms with van der Waals surface area (Å²) in [5, 5.41) is 29.6. The van der Waals surface area contributed by atoms with Gasteiger partial charge in [-0.05, 0) is 42.3 Å². The lowest BCUT2D eigenvalue weighted by Crippen LogP contribution is -2.34. The number of anilines is 1. The van der Waals surface area contributed by atoms with Gasteiger partial charge in [0.05, 0.1) is 19.0 Å². The molecule has 2 aromatic heterocycles. The van der Waals surface area contributed by atoms with Crippen LogP contribution >= 0.6 is 0 Å². The Morgan fingerprint density at radius 1 is 1.38 bits per heavy atom. The highest BCUT2D eigenvalue weighted by Gasteiger charge is 2.27. The monoisotopic (exact) mass is 469 g/mol. The number of nitrogens with two attached hydrogens (primary N) is 1. The third-order valence-electron chi connectivity index (χ3n) is 5.89. The first kappa shape index (κ1) is 23.2. The number of rotatable bonds is 8. The molecule has 0 spiro atoms. The van der Waals surface area contributed by atoms with Crippen molar-refractivity contribution >= 4 is 17.9 Å². The fourth-order valence-electron chi connectivity index (χ4n) is 4.04. The first-order valence-corrected chi connectivity index (χ1v) is 10.9. The minimum atomic E-state index is -0.577. The maximum atomic E-state index is 13.0. The quantitative estimate of drug-likeness (QED) is 0.324. The van der Waals surface area contributed by atoms with E-state index in [1.54, 1.807) is 18.2 Å². The van der Waals surface area contributed by atoms with Crippen LogP contribution < -0.4 is 15.9 Å². The second-order valence-electron chi connectivity index (χ2n) is 8.07. The van der Waals surface area contributed by atoms with E-state index in [1.807, 2.05) is 7.05 Å². The number of phenolic OH excluding ortho intramolecular Hbond substituents is 1. The third kappa shape index (κ3) is 4.83. The zero-order valence-corrected chi connectivity index (χ0v) is 19.0. The molecular formula is C21H27N9O4. The summed E-state index contributed by atoms with van der Waals surface area (Å²) in [5.41, 5.74) is 9.21. The number of carbonyl (C=O) groups excluding carboxylic acids is 1. The lowest BCUT2D eigenvalue weighted by Gasteiger charge is -2.31. The predicted octanol–water partition coefficient (Wildman–Crippen LogP) is 1.48. The van der Waals surface area contributed by atoms with Gasteiger partial charge in [0.25, 0.3) is 5.91 Å². The van der Waals surface area contributed by atoms with Gasteiger partial charge in [0, 0.05) is 18.2 Å². The van der Waals surface area contributed by atoms with Crippen molar-refractivity contribution in [2.45, 2.75) is 44.7 Å². The van der Waals surface area contributed by atoms with E-state index >= 15 is 0 Å². The number of methoxy groups -OCH3 is 1. The molecule has 13 heteroatoms. The zero-order chi connectivity index (χ0) is 24.1. The van der Waals surface area contributed by atoms with Gasteiger partial charge in [-0.15, -0.1) is 5.10 Å². The number of aromatic hydroxyl groups is 1. The summed E-state index contributed by atoms with van der Waals surface area (Å²) in [4.78, 5) is 15.1. The number of carbonyl (C=O) groups is 1. The Labute approximate surface area is 195 Å². The van der Waals surface area contributed by atoms with Gasteiger partial charge in [0.15, 0.2) is 17.2 Å². The minimum Gasteiger partial charge on any atom is -0.504 e. The summed E-state index contributed by atoms with van der Waals surface area (Å²) in [6.07, 6.45) is 7.06. The molecule has 1 aliphatic carbocycles. The molecule has 180 valence electrons. The van der Waals surface area contributed by atoms with Gasteiger partial charge in [0.2, 0.25) is 11.6 Å². The van der Waals surface area contributed by atoms with Crippen molar-refractivity contribution in [2.24, 2.45) is 5.10 Å². The number of amides is 1. The molecule has 1 aromatic carbocycles. The molecule has 0 radical (unpaired) electrons. The Balaban J connectivity index is 1.57. The molecule has 0 atom stereocenters. The highest BCUT2D eigenvalue weighted by atomic mass is 16.6. The largest absolute Gasteiger partial charge is 0.504 e. The molecule has 3 aromatic rings. The summed E-state index contributed by atoms with van der Waals surface area (Å²) < 4.78 is 11.1.